The first-order chi connectivity index (χ1) is 7.79. The van der Waals surface area contributed by atoms with Crippen LogP contribution in [-0.4, -0.2) is 21.8 Å². The molecule has 2 N–H and O–H groups in total. The van der Waals surface area contributed by atoms with E-state index in [1.807, 2.05) is 6.92 Å². The van der Waals surface area contributed by atoms with Gasteiger partial charge in [0.15, 0.2) is 0 Å². The summed E-state index contributed by atoms with van der Waals surface area (Å²) in [6.07, 6.45) is 9.04. The highest BCUT2D eigenvalue weighted by Gasteiger charge is 2.47. The van der Waals surface area contributed by atoms with Crippen LogP contribution in [0, 0.1) is 11.3 Å². The van der Waals surface area contributed by atoms with Gasteiger partial charge in [0.25, 0.3) is 0 Å². The Morgan fingerprint density at radius 1 is 1.35 bits per heavy atom. The Bertz CT molecular complexity index is 341. The lowest BCUT2D eigenvalue weighted by Crippen LogP contribution is -2.50. The summed E-state index contributed by atoms with van der Waals surface area (Å²) in [6, 6.07) is 0. The number of aliphatic hydroxyl groups is 1. The molecule has 0 saturated heterocycles. The van der Waals surface area contributed by atoms with Crippen molar-refractivity contribution in [2.45, 2.75) is 45.6 Å². The third-order valence-corrected chi connectivity index (χ3v) is 3.97. The molecule has 3 heteroatoms. The first kappa shape index (κ1) is 14.0. The maximum absolute atomic E-state index is 10.8. The molecule has 0 amide bonds. The SMILES string of the molecule is C[C@@H]1CCCC(C)(C)[C@@]1(O)/C=C/C=C\C(=O)O. The molecule has 0 aromatic heterocycles. The van der Waals surface area contributed by atoms with E-state index in [1.54, 1.807) is 12.2 Å². The molecule has 0 radical (unpaired) electrons. The lowest BCUT2D eigenvalue weighted by Gasteiger charge is -2.49. The van der Waals surface area contributed by atoms with Gasteiger partial charge in [-0.3, -0.25) is 0 Å². The van der Waals surface area contributed by atoms with Gasteiger partial charge < -0.3 is 10.2 Å². The van der Waals surface area contributed by atoms with Crippen LogP contribution in [0.5, 0.6) is 0 Å². The van der Waals surface area contributed by atoms with Crippen LogP contribution in [0.2, 0.25) is 0 Å². The minimum absolute atomic E-state index is 0.168. The van der Waals surface area contributed by atoms with Gasteiger partial charge in [-0.1, -0.05) is 45.4 Å². The molecule has 17 heavy (non-hydrogen) atoms. The molecule has 0 aliphatic heterocycles. The Labute approximate surface area is 103 Å². The Morgan fingerprint density at radius 3 is 2.53 bits per heavy atom. The molecule has 3 nitrogen and oxygen atoms in total. The average molecular weight is 238 g/mol. The Balaban J connectivity index is 2.86. The van der Waals surface area contributed by atoms with Gasteiger partial charge in [-0.2, -0.15) is 0 Å². The molecule has 1 aliphatic carbocycles. The Kier molecular flexibility index (Phi) is 4.15. The molecule has 1 saturated carbocycles. The number of aliphatic carboxylic acids is 1. The van der Waals surface area contributed by atoms with E-state index in [0.29, 0.717) is 0 Å². The van der Waals surface area contributed by atoms with Gasteiger partial charge in [0.1, 0.15) is 0 Å². The largest absolute Gasteiger partial charge is 0.478 e. The summed E-state index contributed by atoms with van der Waals surface area (Å²) < 4.78 is 0. The van der Waals surface area contributed by atoms with E-state index < -0.39 is 11.6 Å². The Morgan fingerprint density at radius 2 is 2.00 bits per heavy atom. The first-order valence-corrected chi connectivity index (χ1v) is 6.11. The fourth-order valence-electron chi connectivity index (χ4n) is 2.67. The van der Waals surface area contributed by atoms with Crippen LogP contribution < -0.4 is 0 Å². The van der Waals surface area contributed by atoms with E-state index in [4.69, 9.17) is 5.11 Å². The minimum Gasteiger partial charge on any atom is -0.478 e. The highest BCUT2D eigenvalue weighted by molar-refractivity contribution is 5.80. The highest BCUT2D eigenvalue weighted by atomic mass is 16.4. The number of rotatable bonds is 3. The Hall–Kier alpha value is -1.09. The quantitative estimate of drug-likeness (QED) is 0.587. The van der Waals surface area contributed by atoms with Crippen LogP contribution in [-0.2, 0) is 4.79 Å². The van der Waals surface area contributed by atoms with Crippen molar-refractivity contribution in [2.24, 2.45) is 11.3 Å². The lowest BCUT2D eigenvalue weighted by molar-refractivity contribution is -0.131. The molecule has 1 fully saturated rings. The van der Waals surface area contributed by atoms with Crippen LogP contribution in [0.4, 0.5) is 0 Å². The van der Waals surface area contributed by atoms with Gasteiger partial charge >= 0.3 is 5.97 Å². The molecular formula is C14H22O3. The second-order valence-corrected chi connectivity index (χ2v) is 5.56. The summed E-state index contributed by atoms with van der Waals surface area (Å²) in [6.45, 7) is 6.17. The maximum Gasteiger partial charge on any atom is 0.328 e. The summed E-state index contributed by atoms with van der Waals surface area (Å²) in [5.74, 6) is -0.779. The number of hydrogen-bond donors (Lipinski definition) is 2. The minimum atomic E-state index is -0.974. The van der Waals surface area contributed by atoms with Gasteiger partial charge in [0.05, 0.1) is 5.60 Å². The van der Waals surface area contributed by atoms with Crippen molar-refractivity contribution in [1.29, 1.82) is 0 Å². The number of carboxylic acids is 1. The van der Waals surface area contributed by atoms with E-state index in [9.17, 15) is 9.90 Å². The third kappa shape index (κ3) is 2.97. The normalized spacial score (nSPS) is 33.3. The molecule has 0 aromatic rings. The molecule has 0 bridgehead atoms. The van der Waals surface area contributed by atoms with Crippen molar-refractivity contribution in [2.75, 3.05) is 0 Å². The van der Waals surface area contributed by atoms with Gasteiger partial charge in [0, 0.05) is 6.08 Å². The molecular weight excluding hydrogens is 216 g/mol. The zero-order chi connectivity index (χ0) is 13.1. The molecule has 1 rings (SSSR count). The van der Waals surface area contributed by atoms with Crippen molar-refractivity contribution >= 4 is 5.97 Å². The van der Waals surface area contributed by atoms with Crippen molar-refractivity contribution in [1.82, 2.24) is 0 Å². The summed E-state index contributed by atoms with van der Waals surface area (Å²) in [5.41, 5.74) is -1.02. The zero-order valence-corrected chi connectivity index (χ0v) is 10.8. The average Bonchev–Trinajstić information content (AvgIpc) is 2.21. The number of allylic oxidation sites excluding steroid dienone is 2. The number of carbonyl (C=O) groups is 1. The standard InChI is InChI=1S/C14H22O3/c1-11-7-6-9-13(2,3)14(11,17)10-5-4-8-12(15)16/h4-5,8,10-11,17H,6-7,9H2,1-3H3,(H,15,16)/b8-4-,10-5+/t11-,14-/m1/s1. The first-order valence-electron chi connectivity index (χ1n) is 6.11. The lowest BCUT2D eigenvalue weighted by atomic mass is 9.60. The van der Waals surface area contributed by atoms with E-state index in [-0.39, 0.29) is 11.3 Å². The van der Waals surface area contributed by atoms with Crippen LogP contribution in [0.15, 0.2) is 24.3 Å². The van der Waals surface area contributed by atoms with Crippen LogP contribution in [0.1, 0.15) is 40.0 Å². The van der Waals surface area contributed by atoms with Crippen molar-refractivity contribution < 1.29 is 15.0 Å². The van der Waals surface area contributed by atoms with Crippen molar-refractivity contribution in [3.05, 3.63) is 24.3 Å². The second-order valence-electron chi connectivity index (χ2n) is 5.56. The summed E-state index contributed by atoms with van der Waals surface area (Å²) in [5, 5.41) is 19.3. The van der Waals surface area contributed by atoms with E-state index >= 15 is 0 Å². The highest BCUT2D eigenvalue weighted by Crippen LogP contribution is 2.47. The van der Waals surface area contributed by atoms with Gasteiger partial charge in [-0.05, 0) is 24.2 Å². The molecule has 96 valence electrons. The van der Waals surface area contributed by atoms with Crippen LogP contribution in [0.3, 0.4) is 0 Å². The van der Waals surface area contributed by atoms with Crippen LogP contribution in [0.25, 0.3) is 0 Å². The summed E-state index contributed by atoms with van der Waals surface area (Å²) >= 11 is 0. The van der Waals surface area contributed by atoms with Gasteiger partial charge in [-0.15, -0.1) is 0 Å². The molecule has 1 aliphatic rings. The predicted octanol–water partition coefficient (Wildman–Crippen LogP) is 2.76. The fourth-order valence-corrected chi connectivity index (χ4v) is 2.67. The molecule has 0 unspecified atom stereocenters. The van der Waals surface area contributed by atoms with Gasteiger partial charge in [0.2, 0.25) is 0 Å². The smallest absolute Gasteiger partial charge is 0.328 e. The fraction of sp³-hybridized carbons (Fsp3) is 0.643. The zero-order valence-electron chi connectivity index (χ0n) is 10.8. The number of hydrogen-bond acceptors (Lipinski definition) is 2. The van der Waals surface area contributed by atoms with Crippen LogP contribution >= 0.6 is 0 Å². The number of carboxylic acid groups (broad SMARTS) is 1. The summed E-state index contributed by atoms with van der Waals surface area (Å²) in [7, 11) is 0. The predicted molar refractivity (Wildman–Crippen MR) is 67.7 cm³/mol. The van der Waals surface area contributed by atoms with Crippen molar-refractivity contribution in [3.63, 3.8) is 0 Å². The van der Waals surface area contributed by atoms with E-state index in [1.165, 1.54) is 6.08 Å². The second kappa shape index (κ2) is 5.05. The van der Waals surface area contributed by atoms with Gasteiger partial charge in [-0.25, -0.2) is 4.79 Å². The molecule has 0 spiro atoms. The maximum atomic E-state index is 10.8. The topological polar surface area (TPSA) is 57.5 Å². The molecule has 0 aromatic carbocycles. The van der Waals surface area contributed by atoms with E-state index in [0.717, 1.165) is 25.3 Å². The monoisotopic (exact) mass is 238 g/mol. The third-order valence-electron chi connectivity index (χ3n) is 3.97. The molecule has 0 heterocycles. The van der Waals surface area contributed by atoms with Crippen molar-refractivity contribution in [3.8, 4) is 0 Å². The molecule has 2 atom stereocenters. The van der Waals surface area contributed by atoms with E-state index in [2.05, 4.69) is 13.8 Å². The summed E-state index contributed by atoms with van der Waals surface area (Å²) in [4.78, 5) is 10.3.